The van der Waals surface area contributed by atoms with Crippen LogP contribution in [0.1, 0.15) is 0 Å². The highest BCUT2D eigenvalue weighted by molar-refractivity contribution is 5.72. The molecule has 1 aromatic carbocycles. The predicted molar refractivity (Wildman–Crippen MR) is 88.8 cm³/mol. The molecule has 0 unspecified atom stereocenters. The van der Waals surface area contributed by atoms with Gasteiger partial charge in [-0.3, -0.25) is 13.9 Å². The largest absolute Gasteiger partial charge is 0.490 e. The lowest BCUT2D eigenvalue weighted by molar-refractivity contribution is -0.396. The molecule has 0 radical (unpaired) electrons. The summed E-state index contributed by atoms with van der Waals surface area (Å²) < 4.78 is 8.79. The van der Waals surface area contributed by atoms with E-state index < -0.39 is 22.1 Å². The Bertz CT molecular complexity index is 1060. The molecule has 0 atom stereocenters. The Morgan fingerprint density at radius 3 is 2.48 bits per heavy atom. The van der Waals surface area contributed by atoms with Crippen LogP contribution < -0.4 is 16.0 Å². The van der Waals surface area contributed by atoms with Crippen LogP contribution in [0.25, 0.3) is 11.2 Å². The first-order chi connectivity index (χ1) is 11.9. The minimum atomic E-state index is -0.688. The van der Waals surface area contributed by atoms with Crippen LogP contribution in [0.5, 0.6) is 5.75 Å². The SMILES string of the molecule is Cn1c(=O)c2nc([N+](=O)[O-])n(CCOc3ccccc3)c2n(C)c1=O. The molecule has 0 N–H and O–H groups in total. The Hall–Kier alpha value is -3.43. The van der Waals surface area contributed by atoms with Crippen LogP contribution >= 0.6 is 0 Å². The van der Waals surface area contributed by atoms with E-state index in [0.29, 0.717) is 5.75 Å². The average Bonchev–Trinajstić information content (AvgIpc) is 2.99. The van der Waals surface area contributed by atoms with Gasteiger partial charge in [0.05, 0.1) is 0 Å². The number of para-hydroxylation sites is 1. The number of nitro groups is 1. The Kier molecular flexibility index (Phi) is 4.09. The van der Waals surface area contributed by atoms with Crippen molar-refractivity contribution in [2.24, 2.45) is 14.1 Å². The molecule has 0 saturated carbocycles. The fourth-order valence-corrected chi connectivity index (χ4v) is 2.59. The van der Waals surface area contributed by atoms with Gasteiger partial charge in [0, 0.05) is 14.1 Å². The van der Waals surface area contributed by atoms with Crippen molar-refractivity contribution >= 4 is 17.1 Å². The molecular weight excluding hydrogens is 330 g/mol. The number of fused-ring (bicyclic) bond motifs is 1. The van der Waals surface area contributed by atoms with Crippen LogP contribution in [0.4, 0.5) is 5.95 Å². The summed E-state index contributed by atoms with van der Waals surface area (Å²) in [4.78, 5) is 38.7. The van der Waals surface area contributed by atoms with Gasteiger partial charge in [-0.05, 0) is 17.1 Å². The van der Waals surface area contributed by atoms with Gasteiger partial charge in [-0.2, -0.15) is 0 Å². The summed E-state index contributed by atoms with van der Waals surface area (Å²) in [5.41, 5.74) is -1.30. The highest BCUT2D eigenvalue weighted by Crippen LogP contribution is 2.18. The molecule has 0 amide bonds. The smallest absolute Gasteiger partial charge is 0.437 e. The zero-order chi connectivity index (χ0) is 18.1. The third-order valence-electron chi connectivity index (χ3n) is 3.81. The van der Waals surface area contributed by atoms with E-state index in [1.807, 2.05) is 6.07 Å². The summed E-state index contributed by atoms with van der Waals surface area (Å²) in [5, 5.41) is 11.3. The van der Waals surface area contributed by atoms with E-state index in [1.165, 1.54) is 23.2 Å². The van der Waals surface area contributed by atoms with Gasteiger partial charge >= 0.3 is 17.2 Å². The molecule has 0 saturated heterocycles. The molecule has 0 aliphatic heterocycles. The van der Waals surface area contributed by atoms with Gasteiger partial charge in [0.2, 0.25) is 5.65 Å². The van der Waals surface area contributed by atoms with Crippen LogP contribution in [-0.4, -0.2) is 30.2 Å². The van der Waals surface area contributed by atoms with E-state index in [0.717, 1.165) is 4.57 Å². The van der Waals surface area contributed by atoms with Crippen molar-refractivity contribution in [3.8, 4) is 5.75 Å². The minimum absolute atomic E-state index is 0.0577. The molecule has 0 aliphatic rings. The van der Waals surface area contributed by atoms with E-state index in [9.17, 15) is 19.7 Å². The van der Waals surface area contributed by atoms with Crippen molar-refractivity contribution in [1.82, 2.24) is 18.7 Å². The van der Waals surface area contributed by atoms with Gasteiger partial charge in [-0.25, -0.2) is 9.36 Å². The van der Waals surface area contributed by atoms with Crippen LogP contribution in [0.15, 0.2) is 39.9 Å². The molecule has 0 spiro atoms. The second-order valence-electron chi connectivity index (χ2n) is 5.36. The average molecular weight is 345 g/mol. The van der Waals surface area contributed by atoms with Crippen LogP contribution in [0.2, 0.25) is 0 Å². The van der Waals surface area contributed by atoms with Gasteiger partial charge in [0.15, 0.2) is 0 Å². The second kappa shape index (κ2) is 6.23. The van der Waals surface area contributed by atoms with Crippen LogP contribution in [0, 0.1) is 10.1 Å². The van der Waals surface area contributed by atoms with E-state index >= 15 is 0 Å². The number of nitrogens with zero attached hydrogens (tertiary/aromatic N) is 5. The summed E-state index contributed by atoms with van der Waals surface area (Å²) in [6, 6.07) is 8.96. The maximum atomic E-state index is 12.2. The summed E-state index contributed by atoms with van der Waals surface area (Å²) >= 11 is 0. The summed E-state index contributed by atoms with van der Waals surface area (Å²) in [7, 11) is 2.73. The number of ether oxygens (including phenoxy) is 1. The molecule has 0 bridgehead atoms. The molecular formula is C15H15N5O5. The quantitative estimate of drug-likeness (QED) is 0.489. The number of hydrogen-bond donors (Lipinski definition) is 0. The fourth-order valence-electron chi connectivity index (χ4n) is 2.59. The Morgan fingerprint density at radius 2 is 1.84 bits per heavy atom. The molecule has 130 valence electrons. The van der Waals surface area contributed by atoms with Crippen LogP contribution in [-0.2, 0) is 20.6 Å². The van der Waals surface area contributed by atoms with Crippen molar-refractivity contribution in [1.29, 1.82) is 0 Å². The zero-order valence-corrected chi connectivity index (χ0v) is 13.6. The minimum Gasteiger partial charge on any atom is -0.490 e. The number of hydrogen-bond acceptors (Lipinski definition) is 6. The Balaban J connectivity index is 2.06. The molecule has 2 heterocycles. The van der Waals surface area contributed by atoms with Gasteiger partial charge in [0.25, 0.3) is 5.52 Å². The molecule has 10 heteroatoms. The monoisotopic (exact) mass is 345 g/mol. The van der Waals surface area contributed by atoms with Crippen molar-refractivity contribution in [2.75, 3.05) is 6.61 Å². The number of imidazole rings is 1. The number of aryl methyl sites for hydroxylation is 1. The number of aromatic nitrogens is 4. The zero-order valence-electron chi connectivity index (χ0n) is 13.6. The number of rotatable bonds is 5. The Labute approximate surface area is 140 Å². The fraction of sp³-hybridized carbons (Fsp3) is 0.267. The number of benzene rings is 1. The third-order valence-corrected chi connectivity index (χ3v) is 3.81. The van der Waals surface area contributed by atoms with Crippen molar-refractivity contribution in [2.45, 2.75) is 6.54 Å². The topological polar surface area (TPSA) is 114 Å². The molecule has 0 fully saturated rings. The standard InChI is InChI=1S/C15H15N5O5/c1-17-12-11(13(21)18(2)15(17)22)16-14(20(23)24)19(12)8-9-25-10-6-4-3-5-7-10/h3-7H,8-9H2,1-2H3. The molecule has 25 heavy (non-hydrogen) atoms. The highest BCUT2D eigenvalue weighted by atomic mass is 16.6. The van der Waals surface area contributed by atoms with Gasteiger partial charge in [-0.15, -0.1) is 0 Å². The first-order valence-corrected chi connectivity index (χ1v) is 7.40. The van der Waals surface area contributed by atoms with Gasteiger partial charge in [0.1, 0.15) is 18.9 Å². The summed E-state index contributed by atoms with van der Waals surface area (Å²) in [6.07, 6.45) is 0. The van der Waals surface area contributed by atoms with Crippen LogP contribution in [0.3, 0.4) is 0 Å². The van der Waals surface area contributed by atoms with Gasteiger partial charge < -0.3 is 14.9 Å². The Morgan fingerprint density at radius 1 is 1.16 bits per heavy atom. The highest BCUT2D eigenvalue weighted by Gasteiger charge is 2.27. The first kappa shape index (κ1) is 16.4. The maximum absolute atomic E-state index is 12.2. The predicted octanol–water partition coefficient (Wildman–Crippen LogP) is 0.421. The van der Waals surface area contributed by atoms with Crippen molar-refractivity contribution < 1.29 is 9.66 Å². The normalized spacial score (nSPS) is 11.0. The lowest BCUT2D eigenvalue weighted by Crippen LogP contribution is -2.37. The molecule has 3 aromatic rings. The van der Waals surface area contributed by atoms with E-state index in [2.05, 4.69) is 4.98 Å². The third kappa shape index (κ3) is 2.77. The molecule has 0 aliphatic carbocycles. The molecule has 10 nitrogen and oxygen atoms in total. The second-order valence-corrected chi connectivity index (χ2v) is 5.36. The van der Waals surface area contributed by atoms with E-state index in [1.54, 1.807) is 24.3 Å². The summed E-state index contributed by atoms with van der Waals surface area (Å²) in [5.74, 6) is 0.101. The van der Waals surface area contributed by atoms with Crippen molar-refractivity contribution in [3.63, 3.8) is 0 Å². The van der Waals surface area contributed by atoms with E-state index in [4.69, 9.17) is 4.74 Å². The lowest BCUT2D eigenvalue weighted by Gasteiger charge is -2.08. The molecule has 3 rings (SSSR count). The maximum Gasteiger partial charge on any atom is 0.437 e. The first-order valence-electron chi connectivity index (χ1n) is 7.40. The molecule has 2 aromatic heterocycles. The van der Waals surface area contributed by atoms with Gasteiger partial charge in [-0.1, -0.05) is 23.2 Å². The van der Waals surface area contributed by atoms with E-state index in [-0.39, 0.29) is 24.3 Å². The van der Waals surface area contributed by atoms with Crippen molar-refractivity contribution in [3.05, 3.63) is 61.3 Å². The lowest BCUT2D eigenvalue weighted by atomic mass is 10.3. The summed E-state index contributed by atoms with van der Waals surface area (Å²) in [6.45, 7) is 0.169.